The van der Waals surface area contributed by atoms with Crippen molar-refractivity contribution in [2.75, 3.05) is 39.8 Å². The molecule has 0 N–H and O–H groups in total. The number of rotatable bonds is 10. The van der Waals surface area contributed by atoms with E-state index in [1.54, 1.807) is 37.6 Å². The van der Waals surface area contributed by atoms with Crippen LogP contribution in [0, 0.1) is 0 Å². The highest BCUT2D eigenvalue weighted by molar-refractivity contribution is 7.66. The molecule has 0 bridgehead atoms. The second kappa shape index (κ2) is 9.47. The van der Waals surface area contributed by atoms with Crippen LogP contribution in [0.4, 0.5) is 0 Å². The number of benzene rings is 2. The Morgan fingerprint density at radius 3 is 1.36 bits per heavy atom. The van der Waals surface area contributed by atoms with Crippen LogP contribution in [0.5, 0.6) is 0 Å². The lowest BCUT2D eigenvalue weighted by molar-refractivity contribution is 0.0792. The van der Waals surface area contributed by atoms with Gasteiger partial charge in [-0.25, -0.2) is 0 Å². The molecule has 0 aromatic heterocycles. The molecule has 2 aromatic carbocycles. The predicted octanol–water partition coefficient (Wildman–Crippen LogP) is 3.50. The molecule has 0 spiro atoms. The third-order valence-corrected chi connectivity index (χ3v) is 7.40. The highest BCUT2D eigenvalue weighted by atomic mass is 31.2. The third kappa shape index (κ3) is 6.54. The molecule has 0 heterocycles. The second-order valence-electron chi connectivity index (χ2n) is 5.64. The highest BCUT2D eigenvalue weighted by Gasteiger charge is 2.19. The fourth-order valence-corrected chi connectivity index (χ4v) is 4.76. The molecule has 2 unspecified atom stereocenters. The molecule has 0 saturated heterocycles. The van der Waals surface area contributed by atoms with Crippen molar-refractivity contribution in [1.29, 1.82) is 0 Å². The van der Waals surface area contributed by atoms with Crippen molar-refractivity contribution in [2.24, 2.45) is 0 Å². The minimum absolute atomic E-state index is 0.227. The van der Waals surface area contributed by atoms with Gasteiger partial charge in [-0.15, -0.1) is 0 Å². The van der Waals surface area contributed by atoms with Gasteiger partial charge >= 0.3 is 0 Å². The van der Waals surface area contributed by atoms with Crippen LogP contribution in [0.3, 0.4) is 0 Å². The van der Waals surface area contributed by atoms with E-state index in [0.29, 0.717) is 23.8 Å². The molecule has 0 radical (unpaired) electrons. The molecule has 25 heavy (non-hydrogen) atoms. The van der Waals surface area contributed by atoms with Gasteiger partial charge in [0.2, 0.25) is 14.7 Å². The Bertz CT molecular complexity index is 670. The van der Waals surface area contributed by atoms with Crippen LogP contribution in [0.25, 0.3) is 0 Å². The van der Waals surface area contributed by atoms with E-state index >= 15 is 0 Å². The van der Waals surface area contributed by atoms with Gasteiger partial charge < -0.3 is 13.8 Å². The van der Waals surface area contributed by atoms with Crippen LogP contribution in [0.2, 0.25) is 0 Å². The summed E-state index contributed by atoms with van der Waals surface area (Å²) in [5.41, 5.74) is 0. The van der Waals surface area contributed by atoms with Crippen LogP contribution in [-0.2, 0) is 22.9 Å². The molecule has 0 aliphatic rings. The van der Waals surface area contributed by atoms with Crippen molar-refractivity contribution in [3.8, 4) is 0 Å². The quantitative estimate of drug-likeness (QED) is 0.465. The molecular formula is C18H24O5P2. The zero-order chi connectivity index (χ0) is 18.2. The molecule has 2 aromatic rings. The van der Waals surface area contributed by atoms with Crippen molar-refractivity contribution in [1.82, 2.24) is 0 Å². The zero-order valence-electron chi connectivity index (χ0n) is 14.5. The Labute approximate surface area is 149 Å². The van der Waals surface area contributed by atoms with E-state index in [1.807, 2.05) is 36.4 Å². The van der Waals surface area contributed by atoms with E-state index in [0.717, 1.165) is 0 Å². The van der Waals surface area contributed by atoms with Gasteiger partial charge in [0, 0.05) is 23.9 Å². The van der Waals surface area contributed by atoms with E-state index in [2.05, 4.69) is 0 Å². The Balaban J connectivity index is 1.64. The van der Waals surface area contributed by atoms with Crippen LogP contribution >= 0.6 is 14.7 Å². The van der Waals surface area contributed by atoms with Crippen LogP contribution < -0.4 is 10.6 Å². The largest absolute Gasteiger partial charge is 0.377 e. The lowest BCUT2D eigenvalue weighted by Gasteiger charge is -2.15. The summed E-state index contributed by atoms with van der Waals surface area (Å²) in [5, 5.41) is 1.38. The average Bonchev–Trinajstić information content (AvgIpc) is 2.62. The van der Waals surface area contributed by atoms with Crippen molar-refractivity contribution in [3.63, 3.8) is 0 Å². The van der Waals surface area contributed by atoms with Gasteiger partial charge in [0.15, 0.2) is 0 Å². The molecule has 0 fully saturated rings. The molecule has 0 aliphatic carbocycles. The zero-order valence-corrected chi connectivity index (χ0v) is 16.3. The molecule has 0 saturated carbocycles. The molecule has 0 aliphatic heterocycles. The Morgan fingerprint density at radius 1 is 0.640 bits per heavy atom. The van der Waals surface area contributed by atoms with E-state index in [-0.39, 0.29) is 13.2 Å². The molecule has 136 valence electrons. The number of hydrogen-bond donors (Lipinski definition) is 0. The highest BCUT2D eigenvalue weighted by Crippen LogP contribution is 2.41. The van der Waals surface area contributed by atoms with Gasteiger partial charge in [-0.05, 0) is 24.3 Å². The standard InChI is InChI=1S/C18H24O5P2/c1-24(19,17-9-5-3-6-10-17)22-15-13-21-14-16-23-25(2,20)18-11-7-4-8-12-18/h3-12H,13-16H2,1-2H3. The average molecular weight is 382 g/mol. The SMILES string of the molecule is CP(=O)(OCCOCCOP(C)(=O)c1ccccc1)c1ccccc1. The summed E-state index contributed by atoms with van der Waals surface area (Å²) in [7, 11) is -5.65. The Kier molecular flexibility index (Phi) is 7.61. The maximum atomic E-state index is 12.5. The summed E-state index contributed by atoms with van der Waals surface area (Å²) < 4.78 is 41.2. The first-order chi connectivity index (χ1) is 11.9. The van der Waals surface area contributed by atoms with Crippen molar-refractivity contribution in [3.05, 3.63) is 60.7 Å². The molecule has 0 amide bonds. The Hall–Kier alpha value is -1.22. The van der Waals surface area contributed by atoms with Crippen LogP contribution in [0.1, 0.15) is 0 Å². The summed E-state index contributed by atoms with van der Waals surface area (Å²) in [6, 6.07) is 18.2. The van der Waals surface area contributed by atoms with Crippen molar-refractivity contribution >= 4 is 25.3 Å². The Morgan fingerprint density at radius 2 is 1.00 bits per heavy atom. The van der Waals surface area contributed by atoms with Crippen molar-refractivity contribution in [2.45, 2.75) is 0 Å². The van der Waals surface area contributed by atoms with Gasteiger partial charge in [0.25, 0.3) is 0 Å². The maximum absolute atomic E-state index is 12.5. The molecule has 5 nitrogen and oxygen atoms in total. The van der Waals surface area contributed by atoms with Gasteiger partial charge in [-0.1, -0.05) is 36.4 Å². The minimum Gasteiger partial charge on any atom is -0.377 e. The lowest BCUT2D eigenvalue weighted by atomic mass is 10.4. The maximum Gasteiger partial charge on any atom is 0.229 e. The minimum atomic E-state index is -2.82. The van der Waals surface area contributed by atoms with Crippen molar-refractivity contribution < 1.29 is 22.9 Å². The topological polar surface area (TPSA) is 61.8 Å². The summed E-state index contributed by atoms with van der Waals surface area (Å²) in [4.78, 5) is 0. The van der Waals surface area contributed by atoms with E-state index in [1.165, 1.54) is 0 Å². The van der Waals surface area contributed by atoms with Gasteiger partial charge in [-0.2, -0.15) is 0 Å². The number of ether oxygens (including phenoxy) is 1. The smallest absolute Gasteiger partial charge is 0.229 e. The van der Waals surface area contributed by atoms with Crippen LogP contribution in [0.15, 0.2) is 60.7 Å². The fourth-order valence-electron chi connectivity index (χ4n) is 2.19. The van der Waals surface area contributed by atoms with Gasteiger partial charge in [0.05, 0.1) is 26.4 Å². The van der Waals surface area contributed by atoms with Crippen LogP contribution in [-0.4, -0.2) is 39.8 Å². The normalized spacial score (nSPS) is 16.1. The first-order valence-corrected chi connectivity index (χ1v) is 12.2. The molecule has 2 rings (SSSR count). The van der Waals surface area contributed by atoms with E-state index < -0.39 is 14.7 Å². The van der Waals surface area contributed by atoms with Gasteiger partial charge in [-0.3, -0.25) is 9.13 Å². The predicted molar refractivity (Wildman–Crippen MR) is 102 cm³/mol. The monoisotopic (exact) mass is 382 g/mol. The third-order valence-electron chi connectivity index (χ3n) is 3.58. The first-order valence-electron chi connectivity index (χ1n) is 8.05. The summed E-state index contributed by atoms with van der Waals surface area (Å²) in [5.74, 6) is 0. The van der Waals surface area contributed by atoms with Gasteiger partial charge in [0.1, 0.15) is 0 Å². The summed E-state index contributed by atoms with van der Waals surface area (Å²) in [6.07, 6.45) is 0. The fraction of sp³-hybridized carbons (Fsp3) is 0.333. The summed E-state index contributed by atoms with van der Waals surface area (Å²) >= 11 is 0. The number of hydrogen-bond acceptors (Lipinski definition) is 5. The molecule has 2 atom stereocenters. The van der Waals surface area contributed by atoms with E-state index in [4.69, 9.17) is 13.8 Å². The second-order valence-corrected chi connectivity index (χ2v) is 10.6. The summed E-state index contributed by atoms with van der Waals surface area (Å²) in [6.45, 7) is 4.24. The molecular weight excluding hydrogens is 358 g/mol. The molecule has 7 heteroatoms. The lowest BCUT2D eigenvalue weighted by Crippen LogP contribution is -2.13. The van der Waals surface area contributed by atoms with E-state index in [9.17, 15) is 9.13 Å². The first kappa shape index (κ1) is 20.1.